The molecule has 2 aromatic rings. The second kappa shape index (κ2) is 6.08. The molecule has 1 nitrogen and oxygen atoms in total. The van der Waals surface area contributed by atoms with Crippen molar-refractivity contribution in [3.8, 4) is 0 Å². The maximum atomic E-state index is 5.85. The first-order chi connectivity index (χ1) is 9.48. The van der Waals surface area contributed by atoms with Crippen LogP contribution in [0.2, 0.25) is 25.3 Å². The molecule has 0 atom stereocenters. The first-order valence-electron chi connectivity index (χ1n) is 7.14. The number of rotatable bonds is 5. The lowest BCUT2D eigenvalue weighted by Gasteiger charge is -2.34. The summed E-state index contributed by atoms with van der Waals surface area (Å²) in [5.74, 6) is 0. The summed E-state index contributed by atoms with van der Waals surface area (Å²) in [5, 5.41) is 3.01. The number of hydrogen-bond acceptors (Lipinski definition) is 1. The molecule has 2 rings (SSSR count). The lowest BCUT2D eigenvalue weighted by Crippen LogP contribution is -2.60. The van der Waals surface area contributed by atoms with Crippen molar-refractivity contribution in [2.45, 2.75) is 25.3 Å². The van der Waals surface area contributed by atoms with Crippen molar-refractivity contribution in [1.82, 2.24) is 0 Å². The van der Waals surface area contributed by atoms with Crippen LogP contribution in [0.5, 0.6) is 0 Å². The Labute approximate surface area is 124 Å². The van der Waals surface area contributed by atoms with Gasteiger partial charge in [-0.3, -0.25) is 0 Å². The van der Waals surface area contributed by atoms with Crippen LogP contribution in [-0.4, -0.2) is 23.5 Å². The van der Waals surface area contributed by atoms with Crippen molar-refractivity contribution in [1.29, 1.82) is 0 Å². The molecule has 3 heteroatoms. The lowest BCUT2D eigenvalue weighted by atomic mass is 10.4. The van der Waals surface area contributed by atoms with E-state index in [1.807, 2.05) is 7.11 Å². The van der Waals surface area contributed by atoms with Crippen LogP contribution in [0.1, 0.15) is 0 Å². The van der Waals surface area contributed by atoms with Gasteiger partial charge in [-0.1, -0.05) is 77.6 Å². The molecule has 0 aliphatic heterocycles. The van der Waals surface area contributed by atoms with E-state index in [9.17, 15) is 0 Å². The Morgan fingerprint density at radius 3 is 1.50 bits per heavy atom. The Bertz CT molecular complexity index is 498. The quantitative estimate of drug-likeness (QED) is 0.770. The minimum absolute atomic E-state index is 1.21. The normalized spacial score (nSPS) is 12.4. The fourth-order valence-corrected chi connectivity index (χ4v) is 14.1. The molecule has 0 aliphatic carbocycles. The molecule has 0 radical (unpaired) electrons. The second-order valence-electron chi connectivity index (χ2n) is 6.20. The molecule has 0 saturated heterocycles. The van der Waals surface area contributed by atoms with Gasteiger partial charge in [-0.05, 0) is 18.8 Å². The third-order valence-electron chi connectivity index (χ3n) is 4.15. The second-order valence-corrected chi connectivity index (χ2v) is 15.4. The molecule has 0 heterocycles. The van der Waals surface area contributed by atoms with Crippen LogP contribution in [0.4, 0.5) is 0 Å². The van der Waals surface area contributed by atoms with Gasteiger partial charge in [0.15, 0.2) is 8.32 Å². The third-order valence-corrected chi connectivity index (χ3v) is 14.7. The summed E-state index contributed by atoms with van der Waals surface area (Å²) in [7, 11) is -1.47. The average Bonchev–Trinajstić information content (AvgIpc) is 2.48. The molecule has 0 fully saturated rings. The van der Waals surface area contributed by atoms with E-state index in [1.165, 1.54) is 16.0 Å². The van der Waals surface area contributed by atoms with E-state index in [2.05, 4.69) is 80.3 Å². The highest BCUT2D eigenvalue weighted by Gasteiger charge is 2.39. The smallest absolute Gasteiger partial charge is 0.184 e. The van der Waals surface area contributed by atoms with Gasteiger partial charge in [-0.25, -0.2) is 0 Å². The number of benzene rings is 2. The molecule has 20 heavy (non-hydrogen) atoms. The highest BCUT2D eigenvalue weighted by atomic mass is 28.4. The summed E-state index contributed by atoms with van der Waals surface area (Å²) in [6.07, 6.45) is 0. The van der Waals surface area contributed by atoms with Crippen molar-refractivity contribution in [3.63, 3.8) is 0 Å². The molecular formula is C17H24OSi2. The largest absolute Gasteiger partial charge is 0.421 e. The van der Waals surface area contributed by atoms with E-state index in [-0.39, 0.29) is 0 Å². The van der Waals surface area contributed by atoms with Gasteiger partial charge in [0.25, 0.3) is 0 Å². The highest BCUT2D eigenvalue weighted by molar-refractivity contribution is 7.08. The lowest BCUT2D eigenvalue weighted by molar-refractivity contribution is 0.408. The van der Waals surface area contributed by atoms with Crippen LogP contribution in [0.15, 0.2) is 60.7 Å². The van der Waals surface area contributed by atoms with Crippen LogP contribution in [0.3, 0.4) is 0 Å². The Kier molecular flexibility index (Phi) is 4.63. The van der Waals surface area contributed by atoms with Crippen molar-refractivity contribution in [2.24, 2.45) is 0 Å². The summed E-state index contributed by atoms with van der Waals surface area (Å²) in [5.41, 5.74) is 1.21. The Hall–Kier alpha value is -1.17. The maximum Gasteiger partial charge on any atom is 0.184 e. The van der Waals surface area contributed by atoms with Crippen LogP contribution in [0, 0.1) is 0 Å². The SMILES string of the molecule is CO[Si](C)(C)C[Si](C)(c1ccccc1)c1ccccc1. The van der Waals surface area contributed by atoms with Gasteiger partial charge in [-0.2, -0.15) is 0 Å². The van der Waals surface area contributed by atoms with Crippen LogP contribution < -0.4 is 10.4 Å². The van der Waals surface area contributed by atoms with Crippen molar-refractivity contribution >= 4 is 26.8 Å². The van der Waals surface area contributed by atoms with Crippen molar-refractivity contribution in [3.05, 3.63) is 60.7 Å². The van der Waals surface area contributed by atoms with Crippen LogP contribution >= 0.6 is 0 Å². The van der Waals surface area contributed by atoms with E-state index < -0.39 is 16.4 Å². The van der Waals surface area contributed by atoms with E-state index >= 15 is 0 Å². The van der Waals surface area contributed by atoms with Crippen molar-refractivity contribution < 1.29 is 4.43 Å². The first-order valence-corrected chi connectivity index (χ1v) is 13.0. The molecule has 0 bridgehead atoms. The minimum Gasteiger partial charge on any atom is -0.421 e. The predicted octanol–water partition coefficient (Wildman–Crippen LogP) is 3.27. The third kappa shape index (κ3) is 3.29. The van der Waals surface area contributed by atoms with Gasteiger partial charge < -0.3 is 4.43 Å². The highest BCUT2D eigenvalue weighted by Crippen LogP contribution is 2.20. The Morgan fingerprint density at radius 2 is 1.15 bits per heavy atom. The summed E-state index contributed by atoms with van der Waals surface area (Å²) in [6, 6.07) is 22.0. The molecule has 0 aromatic heterocycles. The summed E-state index contributed by atoms with van der Waals surface area (Å²) < 4.78 is 5.85. The van der Waals surface area contributed by atoms with E-state index in [1.54, 1.807) is 0 Å². The van der Waals surface area contributed by atoms with E-state index in [4.69, 9.17) is 4.43 Å². The molecule has 0 N–H and O–H groups in total. The Morgan fingerprint density at radius 1 is 0.750 bits per heavy atom. The fraction of sp³-hybridized carbons (Fsp3) is 0.294. The monoisotopic (exact) mass is 300 g/mol. The molecule has 2 aromatic carbocycles. The molecule has 106 valence electrons. The summed E-state index contributed by atoms with van der Waals surface area (Å²) >= 11 is 0. The van der Waals surface area contributed by atoms with Gasteiger partial charge in [0, 0.05) is 7.11 Å². The van der Waals surface area contributed by atoms with E-state index in [0.717, 1.165) is 0 Å². The minimum atomic E-state index is -1.72. The van der Waals surface area contributed by atoms with Gasteiger partial charge in [-0.15, -0.1) is 0 Å². The molecule has 0 unspecified atom stereocenters. The van der Waals surface area contributed by atoms with Gasteiger partial charge in [0.2, 0.25) is 0 Å². The average molecular weight is 301 g/mol. The van der Waals surface area contributed by atoms with E-state index in [0.29, 0.717) is 0 Å². The molecule has 0 saturated carbocycles. The first kappa shape index (κ1) is 15.2. The molecular weight excluding hydrogens is 276 g/mol. The number of hydrogen-bond donors (Lipinski definition) is 0. The predicted molar refractivity (Wildman–Crippen MR) is 93.1 cm³/mol. The van der Waals surface area contributed by atoms with Crippen molar-refractivity contribution in [2.75, 3.05) is 7.11 Å². The van der Waals surface area contributed by atoms with Crippen LogP contribution in [-0.2, 0) is 4.43 Å². The molecule has 0 spiro atoms. The van der Waals surface area contributed by atoms with Crippen LogP contribution in [0.25, 0.3) is 0 Å². The van der Waals surface area contributed by atoms with Gasteiger partial charge in [0.1, 0.15) is 8.07 Å². The fourth-order valence-electron chi connectivity index (χ4n) is 2.91. The topological polar surface area (TPSA) is 9.23 Å². The summed E-state index contributed by atoms with van der Waals surface area (Å²) in [4.78, 5) is 0. The summed E-state index contributed by atoms with van der Waals surface area (Å²) in [6.45, 7) is 7.12. The zero-order valence-electron chi connectivity index (χ0n) is 12.9. The standard InChI is InChI=1S/C17H24OSi2/c1-18-19(2,3)15-20(4,16-11-7-5-8-12-16)17-13-9-6-10-14-17/h5-14H,15H2,1-4H3. The molecule has 0 aliphatic rings. The Balaban J connectivity index is 2.50. The van der Waals surface area contributed by atoms with Gasteiger partial charge >= 0.3 is 0 Å². The molecule has 0 amide bonds. The zero-order valence-corrected chi connectivity index (χ0v) is 14.9. The zero-order chi connectivity index (χ0) is 14.6. The maximum absolute atomic E-state index is 5.85. The van der Waals surface area contributed by atoms with Gasteiger partial charge in [0.05, 0.1) is 0 Å².